The minimum absolute atomic E-state index is 0.609. The number of hydrogen-bond donors (Lipinski definition) is 1. The van der Waals surface area contributed by atoms with E-state index in [0.717, 1.165) is 18.4 Å². The fraction of sp³-hybridized carbons (Fsp3) is 0.667. The van der Waals surface area contributed by atoms with Gasteiger partial charge in [-0.2, -0.15) is 0 Å². The standard InChI is InChI=1S/C18H31N/c1-14(2)6-7-16(5)19-13-18-10-8-17(9-11-18)12-15(3)4/h8-11,14-16,19H,6-7,12-13H2,1-5H3. The molecule has 0 aliphatic heterocycles. The van der Waals surface area contributed by atoms with Crippen molar-refractivity contribution in [2.45, 2.75) is 66.5 Å². The number of rotatable bonds is 8. The van der Waals surface area contributed by atoms with E-state index < -0.39 is 0 Å². The van der Waals surface area contributed by atoms with Crippen molar-refractivity contribution in [2.24, 2.45) is 11.8 Å². The second-order valence-electron chi connectivity index (χ2n) is 6.67. The molecule has 0 aromatic heterocycles. The highest BCUT2D eigenvalue weighted by atomic mass is 14.9. The van der Waals surface area contributed by atoms with Gasteiger partial charge < -0.3 is 5.32 Å². The van der Waals surface area contributed by atoms with Crippen LogP contribution in [0.5, 0.6) is 0 Å². The normalized spacial score (nSPS) is 13.2. The summed E-state index contributed by atoms with van der Waals surface area (Å²) in [5, 5.41) is 3.61. The maximum absolute atomic E-state index is 3.61. The number of benzene rings is 1. The number of hydrogen-bond acceptors (Lipinski definition) is 1. The lowest BCUT2D eigenvalue weighted by Gasteiger charge is -2.15. The molecule has 0 heterocycles. The first-order chi connectivity index (χ1) is 8.97. The molecular weight excluding hydrogens is 230 g/mol. The molecule has 1 aromatic carbocycles. The lowest BCUT2D eigenvalue weighted by molar-refractivity contribution is 0.451. The van der Waals surface area contributed by atoms with Gasteiger partial charge in [0.25, 0.3) is 0 Å². The van der Waals surface area contributed by atoms with Crippen molar-refractivity contribution in [1.82, 2.24) is 5.32 Å². The molecule has 0 spiro atoms. The Morgan fingerprint density at radius 2 is 1.37 bits per heavy atom. The molecule has 1 nitrogen and oxygen atoms in total. The summed E-state index contributed by atoms with van der Waals surface area (Å²) < 4.78 is 0. The lowest BCUT2D eigenvalue weighted by atomic mass is 10.0. The van der Waals surface area contributed by atoms with Crippen molar-refractivity contribution in [3.63, 3.8) is 0 Å². The first kappa shape index (κ1) is 16.2. The summed E-state index contributed by atoms with van der Waals surface area (Å²) in [6, 6.07) is 9.68. The van der Waals surface area contributed by atoms with Crippen LogP contribution in [-0.4, -0.2) is 6.04 Å². The van der Waals surface area contributed by atoms with Gasteiger partial charge in [0.1, 0.15) is 0 Å². The maximum atomic E-state index is 3.61. The molecule has 0 aliphatic rings. The van der Waals surface area contributed by atoms with E-state index in [4.69, 9.17) is 0 Å². The Hall–Kier alpha value is -0.820. The van der Waals surface area contributed by atoms with E-state index in [9.17, 15) is 0 Å². The second-order valence-corrected chi connectivity index (χ2v) is 6.67. The van der Waals surface area contributed by atoms with Gasteiger partial charge in [0.15, 0.2) is 0 Å². The summed E-state index contributed by atoms with van der Waals surface area (Å²) in [4.78, 5) is 0. The van der Waals surface area contributed by atoms with Crippen LogP contribution in [0.3, 0.4) is 0 Å². The van der Waals surface area contributed by atoms with E-state index in [1.165, 1.54) is 30.4 Å². The van der Waals surface area contributed by atoms with Crippen molar-refractivity contribution in [1.29, 1.82) is 0 Å². The third-order valence-electron chi connectivity index (χ3n) is 3.50. The molecule has 1 N–H and O–H groups in total. The van der Waals surface area contributed by atoms with Crippen LogP contribution in [0.1, 0.15) is 58.6 Å². The van der Waals surface area contributed by atoms with Crippen LogP contribution in [0.15, 0.2) is 24.3 Å². The van der Waals surface area contributed by atoms with E-state index >= 15 is 0 Å². The van der Waals surface area contributed by atoms with Crippen LogP contribution in [-0.2, 0) is 13.0 Å². The van der Waals surface area contributed by atoms with Crippen LogP contribution < -0.4 is 5.32 Å². The lowest BCUT2D eigenvalue weighted by Crippen LogP contribution is -2.25. The predicted octanol–water partition coefficient (Wildman–Crippen LogP) is 4.80. The predicted molar refractivity (Wildman–Crippen MR) is 85.4 cm³/mol. The minimum atomic E-state index is 0.609. The zero-order valence-electron chi connectivity index (χ0n) is 13.4. The van der Waals surface area contributed by atoms with Gasteiger partial charge in [-0.25, -0.2) is 0 Å². The van der Waals surface area contributed by atoms with Gasteiger partial charge >= 0.3 is 0 Å². The molecule has 19 heavy (non-hydrogen) atoms. The molecular formula is C18H31N. The van der Waals surface area contributed by atoms with Crippen LogP contribution in [0.4, 0.5) is 0 Å². The van der Waals surface area contributed by atoms with E-state index in [1.807, 2.05) is 0 Å². The Labute approximate surface area is 119 Å². The van der Waals surface area contributed by atoms with Crippen molar-refractivity contribution >= 4 is 0 Å². The van der Waals surface area contributed by atoms with Crippen molar-refractivity contribution in [2.75, 3.05) is 0 Å². The molecule has 1 aromatic rings. The van der Waals surface area contributed by atoms with Crippen LogP contribution >= 0.6 is 0 Å². The van der Waals surface area contributed by atoms with Crippen LogP contribution in [0.2, 0.25) is 0 Å². The molecule has 108 valence electrons. The molecule has 0 radical (unpaired) electrons. The van der Waals surface area contributed by atoms with Gasteiger partial charge in [0.2, 0.25) is 0 Å². The Morgan fingerprint density at radius 3 is 1.89 bits per heavy atom. The average Bonchev–Trinajstić information content (AvgIpc) is 2.35. The smallest absolute Gasteiger partial charge is 0.0207 e. The van der Waals surface area contributed by atoms with Gasteiger partial charge in [-0.1, -0.05) is 52.0 Å². The third kappa shape index (κ3) is 7.37. The maximum Gasteiger partial charge on any atom is 0.0207 e. The highest BCUT2D eigenvalue weighted by molar-refractivity contribution is 5.22. The van der Waals surface area contributed by atoms with Crippen molar-refractivity contribution < 1.29 is 0 Å². The first-order valence-electron chi connectivity index (χ1n) is 7.78. The topological polar surface area (TPSA) is 12.0 Å². The molecule has 1 heteroatoms. The molecule has 0 aliphatic carbocycles. The second kappa shape index (κ2) is 8.37. The Bertz CT molecular complexity index is 337. The Morgan fingerprint density at radius 1 is 0.789 bits per heavy atom. The summed E-state index contributed by atoms with van der Waals surface area (Å²) in [5.41, 5.74) is 2.84. The molecule has 0 fully saturated rings. The van der Waals surface area contributed by atoms with Crippen molar-refractivity contribution in [3.05, 3.63) is 35.4 Å². The van der Waals surface area contributed by atoms with Gasteiger partial charge in [0, 0.05) is 12.6 Å². The highest BCUT2D eigenvalue weighted by Crippen LogP contribution is 2.11. The monoisotopic (exact) mass is 261 g/mol. The van der Waals surface area contributed by atoms with Gasteiger partial charge in [-0.15, -0.1) is 0 Å². The van der Waals surface area contributed by atoms with Gasteiger partial charge in [-0.3, -0.25) is 0 Å². The van der Waals surface area contributed by atoms with Gasteiger partial charge in [-0.05, 0) is 49.1 Å². The first-order valence-corrected chi connectivity index (χ1v) is 7.78. The molecule has 1 atom stereocenters. The van der Waals surface area contributed by atoms with E-state index in [1.54, 1.807) is 0 Å². The van der Waals surface area contributed by atoms with Crippen LogP contribution in [0, 0.1) is 11.8 Å². The Kier molecular flexibility index (Phi) is 7.15. The zero-order chi connectivity index (χ0) is 14.3. The van der Waals surface area contributed by atoms with Crippen molar-refractivity contribution in [3.8, 4) is 0 Å². The number of nitrogens with one attached hydrogen (secondary N) is 1. The minimum Gasteiger partial charge on any atom is -0.310 e. The SMILES string of the molecule is CC(C)CCC(C)NCc1ccc(CC(C)C)cc1. The summed E-state index contributed by atoms with van der Waals surface area (Å²) in [6.07, 6.45) is 3.75. The average molecular weight is 261 g/mol. The Balaban J connectivity index is 2.33. The fourth-order valence-electron chi connectivity index (χ4n) is 2.24. The van der Waals surface area contributed by atoms with E-state index in [0.29, 0.717) is 6.04 Å². The van der Waals surface area contributed by atoms with Gasteiger partial charge in [0.05, 0.1) is 0 Å². The van der Waals surface area contributed by atoms with E-state index in [2.05, 4.69) is 64.2 Å². The van der Waals surface area contributed by atoms with Crippen LogP contribution in [0.25, 0.3) is 0 Å². The molecule has 1 rings (SSSR count). The largest absolute Gasteiger partial charge is 0.310 e. The van der Waals surface area contributed by atoms with E-state index in [-0.39, 0.29) is 0 Å². The molecule has 0 saturated heterocycles. The quantitative estimate of drug-likeness (QED) is 0.709. The molecule has 0 saturated carbocycles. The fourth-order valence-corrected chi connectivity index (χ4v) is 2.24. The summed E-state index contributed by atoms with van der Waals surface area (Å²) in [7, 11) is 0. The summed E-state index contributed by atoms with van der Waals surface area (Å²) in [5.74, 6) is 1.54. The zero-order valence-corrected chi connectivity index (χ0v) is 13.4. The summed E-state index contributed by atoms with van der Waals surface area (Å²) in [6.45, 7) is 12.4. The summed E-state index contributed by atoms with van der Waals surface area (Å²) >= 11 is 0. The third-order valence-corrected chi connectivity index (χ3v) is 3.50. The molecule has 1 unspecified atom stereocenters. The highest BCUT2D eigenvalue weighted by Gasteiger charge is 2.03. The molecule has 0 amide bonds. The molecule has 0 bridgehead atoms.